The number of aliphatic hydroxyl groups is 1. The first-order chi connectivity index (χ1) is 15.5. The van der Waals surface area contributed by atoms with Crippen molar-refractivity contribution in [2.45, 2.75) is 45.4 Å². The molecule has 2 fully saturated rings. The first-order valence-electron chi connectivity index (χ1n) is 11.7. The van der Waals surface area contributed by atoms with Gasteiger partial charge in [0.25, 0.3) is 0 Å². The van der Waals surface area contributed by atoms with Crippen molar-refractivity contribution in [3.8, 4) is 11.5 Å². The van der Waals surface area contributed by atoms with Crippen molar-refractivity contribution in [1.82, 2.24) is 10.1 Å². The van der Waals surface area contributed by atoms with Gasteiger partial charge in [0.1, 0.15) is 17.3 Å². The van der Waals surface area contributed by atoms with E-state index in [-0.39, 0.29) is 11.2 Å². The van der Waals surface area contributed by atoms with Crippen molar-refractivity contribution < 1.29 is 18.8 Å². The Morgan fingerprint density at radius 1 is 1.16 bits per heavy atom. The quantitative estimate of drug-likeness (QED) is 0.504. The lowest BCUT2D eigenvalue weighted by Crippen LogP contribution is -2.38. The highest BCUT2D eigenvalue weighted by Gasteiger charge is 2.43. The molecule has 0 unspecified atom stereocenters. The predicted octanol–water partition coefficient (Wildman–Crippen LogP) is 5.48. The Morgan fingerprint density at radius 3 is 2.59 bits per heavy atom. The van der Waals surface area contributed by atoms with E-state index >= 15 is 0 Å². The van der Waals surface area contributed by atoms with E-state index in [1.165, 1.54) is 37.8 Å². The number of rotatable bonds is 8. The third-order valence-corrected chi connectivity index (χ3v) is 7.30. The molecule has 2 aliphatic rings. The standard InChI is InChI=1S/C26H31FN2O3/c1-18-24(31-21-5-3-20(27)4-6-21)9-7-22-23(28-32-25(18)22)8-2-19-10-14-29(15-11-19)16-26(17-30)12-13-26/h3-7,9,19,30H,2,8,10-17H2,1H3. The molecular formula is C26H31FN2O3. The largest absolute Gasteiger partial charge is 0.457 e. The van der Waals surface area contributed by atoms with Gasteiger partial charge in [-0.05, 0) is 101 Å². The maximum Gasteiger partial charge on any atom is 0.173 e. The fourth-order valence-electron chi connectivity index (χ4n) is 4.88. The average Bonchev–Trinajstić information content (AvgIpc) is 3.46. The summed E-state index contributed by atoms with van der Waals surface area (Å²) in [6.45, 7) is 5.63. The van der Waals surface area contributed by atoms with Gasteiger partial charge < -0.3 is 19.3 Å². The summed E-state index contributed by atoms with van der Waals surface area (Å²) in [6, 6.07) is 9.96. The molecular weight excluding hydrogens is 407 g/mol. The molecule has 1 saturated heterocycles. The summed E-state index contributed by atoms with van der Waals surface area (Å²) in [5, 5.41) is 15.0. The Kier molecular flexibility index (Phi) is 5.91. The van der Waals surface area contributed by atoms with E-state index in [1.54, 1.807) is 12.1 Å². The smallest absolute Gasteiger partial charge is 0.173 e. The van der Waals surface area contributed by atoms with Crippen LogP contribution in [-0.4, -0.2) is 41.4 Å². The first-order valence-corrected chi connectivity index (χ1v) is 11.7. The number of hydrogen-bond donors (Lipinski definition) is 1. The summed E-state index contributed by atoms with van der Waals surface area (Å²) in [6.07, 6.45) is 6.82. The molecule has 1 aliphatic heterocycles. The lowest BCUT2D eigenvalue weighted by atomic mass is 9.90. The van der Waals surface area contributed by atoms with Gasteiger partial charge in [-0.25, -0.2) is 4.39 Å². The number of benzene rings is 2. The molecule has 0 spiro atoms. The van der Waals surface area contributed by atoms with Gasteiger partial charge >= 0.3 is 0 Å². The van der Waals surface area contributed by atoms with Crippen LogP contribution in [0.15, 0.2) is 40.9 Å². The van der Waals surface area contributed by atoms with E-state index in [2.05, 4.69) is 10.1 Å². The van der Waals surface area contributed by atoms with Gasteiger partial charge in [-0.1, -0.05) is 5.16 Å². The van der Waals surface area contributed by atoms with E-state index in [4.69, 9.17) is 9.26 Å². The molecule has 6 heteroatoms. The molecule has 170 valence electrons. The molecule has 5 nitrogen and oxygen atoms in total. The molecule has 1 aromatic heterocycles. The molecule has 3 aromatic rings. The molecule has 2 aromatic carbocycles. The minimum Gasteiger partial charge on any atom is -0.457 e. The van der Waals surface area contributed by atoms with Gasteiger partial charge in [-0.15, -0.1) is 0 Å². The van der Waals surface area contributed by atoms with Gasteiger partial charge in [0.2, 0.25) is 0 Å². The number of aromatic nitrogens is 1. The second-order valence-electron chi connectivity index (χ2n) is 9.67. The normalized spacial score (nSPS) is 18.8. The third kappa shape index (κ3) is 4.52. The van der Waals surface area contributed by atoms with Crippen LogP contribution in [0.3, 0.4) is 0 Å². The van der Waals surface area contributed by atoms with E-state index in [0.717, 1.165) is 54.7 Å². The fraction of sp³-hybridized carbons (Fsp3) is 0.500. The van der Waals surface area contributed by atoms with Gasteiger partial charge in [0.05, 0.1) is 5.69 Å². The summed E-state index contributed by atoms with van der Waals surface area (Å²) >= 11 is 0. The summed E-state index contributed by atoms with van der Waals surface area (Å²) in [5.41, 5.74) is 2.88. The van der Waals surface area contributed by atoms with Crippen LogP contribution in [0, 0.1) is 24.1 Å². The average molecular weight is 439 g/mol. The maximum atomic E-state index is 13.1. The van der Waals surface area contributed by atoms with E-state index in [1.807, 2.05) is 19.1 Å². The molecule has 0 amide bonds. The fourth-order valence-corrected chi connectivity index (χ4v) is 4.88. The molecule has 32 heavy (non-hydrogen) atoms. The highest BCUT2D eigenvalue weighted by molar-refractivity contribution is 5.84. The van der Waals surface area contributed by atoms with Crippen molar-refractivity contribution in [2.24, 2.45) is 11.3 Å². The van der Waals surface area contributed by atoms with Crippen LogP contribution in [0.1, 0.15) is 43.4 Å². The van der Waals surface area contributed by atoms with Crippen LogP contribution < -0.4 is 4.74 Å². The van der Waals surface area contributed by atoms with E-state index in [0.29, 0.717) is 24.0 Å². The zero-order valence-corrected chi connectivity index (χ0v) is 18.6. The summed E-state index contributed by atoms with van der Waals surface area (Å²) in [5.74, 6) is 1.71. The van der Waals surface area contributed by atoms with Crippen molar-refractivity contribution in [1.29, 1.82) is 0 Å². The zero-order valence-electron chi connectivity index (χ0n) is 18.6. The van der Waals surface area contributed by atoms with Gasteiger partial charge in [0.15, 0.2) is 5.58 Å². The van der Waals surface area contributed by atoms with Crippen LogP contribution >= 0.6 is 0 Å². The van der Waals surface area contributed by atoms with Crippen LogP contribution in [0.4, 0.5) is 4.39 Å². The topological polar surface area (TPSA) is 58.7 Å². The minimum absolute atomic E-state index is 0.212. The number of halogens is 1. The van der Waals surface area contributed by atoms with E-state index in [9.17, 15) is 9.50 Å². The Bertz CT molecular complexity index is 1070. The van der Waals surface area contributed by atoms with Gasteiger partial charge in [0, 0.05) is 29.5 Å². The monoisotopic (exact) mass is 438 g/mol. The molecule has 1 N–H and O–H groups in total. The van der Waals surface area contributed by atoms with Crippen molar-refractivity contribution in [2.75, 3.05) is 26.2 Å². The summed E-state index contributed by atoms with van der Waals surface area (Å²) in [4.78, 5) is 2.54. The number of piperidine rings is 1. The van der Waals surface area contributed by atoms with Crippen molar-refractivity contribution >= 4 is 11.0 Å². The number of likely N-dealkylation sites (tertiary alicyclic amines) is 1. The number of aliphatic hydroxyl groups excluding tert-OH is 1. The molecule has 5 rings (SSSR count). The second-order valence-corrected chi connectivity index (χ2v) is 9.67. The first kappa shape index (κ1) is 21.4. The number of nitrogens with zero attached hydrogens (tertiary/aromatic N) is 2. The lowest BCUT2D eigenvalue weighted by molar-refractivity contribution is 0.115. The van der Waals surface area contributed by atoms with Gasteiger partial charge in [-0.3, -0.25) is 0 Å². The highest BCUT2D eigenvalue weighted by Crippen LogP contribution is 2.46. The number of fused-ring (bicyclic) bond motifs is 1. The minimum atomic E-state index is -0.285. The zero-order chi connectivity index (χ0) is 22.1. The number of hydrogen-bond acceptors (Lipinski definition) is 5. The maximum absolute atomic E-state index is 13.1. The Balaban J connectivity index is 1.18. The second kappa shape index (κ2) is 8.83. The third-order valence-electron chi connectivity index (χ3n) is 7.30. The summed E-state index contributed by atoms with van der Waals surface area (Å²) in [7, 11) is 0. The molecule has 0 atom stereocenters. The van der Waals surface area contributed by atoms with Gasteiger partial charge in [-0.2, -0.15) is 0 Å². The molecule has 1 saturated carbocycles. The number of ether oxygens (including phenoxy) is 1. The Morgan fingerprint density at radius 2 is 1.91 bits per heavy atom. The molecule has 0 radical (unpaired) electrons. The lowest BCUT2D eigenvalue weighted by Gasteiger charge is -2.34. The summed E-state index contributed by atoms with van der Waals surface area (Å²) < 4.78 is 24.7. The van der Waals surface area contributed by atoms with Crippen molar-refractivity contribution in [3.63, 3.8) is 0 Å². The van der Waals surface area contributed by atoms with Crippen LogP contribution in [0.5, 0.6) is 11.5 Å². The molecule has 1 aliphatic carbocycles. The van der Waals surface area contributed by atoms with Crippen LogP contribution in [0.2, 0.25) is 0 Å². The van der Waals surface area contributed by atoms with Crippen LogP contribution in [-0.2, 0) is 6.42 Å². The van der Waals surface area contributed by atoms with Crippen molar-refractivity contribution in [3.05, 3.63) is 53.5 Å². The Labute approximate surface area is 188 Å². The Hall–Kier alpha value is -2.44. The predicted molar refractivity (Wildman–Crippen MR) is 121 cm³/mol. The molecule has 2 heterocycles. The van der Waals surface area contributed by atoms with Crippen LogP contribution in [0.25, 0.3) is 11.0 Å². The SMILES string of the molecule is Cc1c(Oc2ccc(F)cc2)ccc2c(CCC3CCN(CC4(CO)CC4)CC3)noc12. The highest BCUT2D eigenvalue weighted by atomic mass is 19.1. The van der Waals surface area contributed by atoms with E-state index < -0.39 is 0 Å². The number of aryl methyl sites for hydroxylation is 2. The molecule has 0 bridgehead atoms.